The molecule has 0 aliphatic rings. The van der Waals surface area contributed by atoms with E-state index in [1.165, 1.54) is 11.1 Å². The summed E-state index contributed by atoms with van der Waals surface area (Å²) < 4.78 is 8.70. The number of rotatable bonds is 2. The minimum atomic E-state index is -2.87. The first-order valence-corrected chi connectivity index (χ1v) is 5.83. The van der Waals surface area contributed by atoms with Crippen LogP contribution in [0.3, 0.4) is 0 Å². The Bertz CT molecular complexity index is 321. The normalized spacial score (nSPS) is 9.07. The van der Waals surface area contributed by atoms with Gasteiger partial charge < -0.3 is 5.11 Å². The van der Waals surface area contributed by atoms with Gasteiger partial charge in [0.2, 0.25) is 0 Å². The van der Waals surface area contributed by atoms with E-state index in [4.69, 9.17) is 19.5 Å². The molecule has 84 valence electrons. The highest BCUT2D eigenvalue weighted by molar-refractivity contribution is 7.30. The molecular weight excluding hydrogens is 215 g/mol. The maximum atomic E-state index is 9.16. The zero-order valence-corrected chi connectivity index (χ0v) is 9.74. The fraction of sp³-hybridized carbons (Fsp3) is 0.400. The topological polar surface area (TPSA) is 77.8 Å². The summed E-state index contributed by atoms with van der Waals surface area (Å²) in [6.45, 7) is 4.24. The molecule has 0 amide bonds. The molecular formula is C10H16O4P+. The summed E-state index contributed by atoms with van der Waals surface area (Å²) in [5.41, 5.74) is 2.60. The van der Waals surface area contributed by atoms with Crippen molar-refractivity contribution in [3.63, 3.8) is 0 Å². The van der Waals surface area contributed by atoms with Crippen LogP contribution in [0.1, 0.15) is 25.0 Å². The molecule has 5 heteroatoms. The molecule has 0 spiro atoms. The van der Waals surface area contributed by atoms with E-state index in [0.29, 0.717) is 5.75 Å². The van der Waals surface area contributed by atoms with Crippen LogP contribution in [0.4, 0.5) is 0 Å². The standard InChI is InChI=1S/C10H14O.HO3P/c1-3-8-5-6-10(11)7-9(8)4-2;1-4(2)3/h5-7,11H,3-4H2,1-2H3;(H-,1,2,3)/p+1. The molecule has 0 atom stereocenters. The van der Waals surface area contributed by atoms with Gasteiger partial charge in [-0.3, -0.25) is 0 Å². The third-order valence-corrected chi connectivity index (χ3v) is 1.95. The van der Waals surface area contributed by atoms with Crippen LogP contribution in [0.5, 0.6) is 5.75 Å². The van der Waals surface area contributed by atoms with Crippen molar-refractivity contribution in [2.75, 3.05) is 0 Å². The maximum absolute atomic E-state index is 9.16. The summed E-state index contributed by atoms with van der Waals surface area (Å²) >= 11 is 0. The van der Waals surface area contributed by atoms with Crippen molar-refractivity contribution in [1.29, 1.82) is 0 Å². The van der Waals surface area contributed by atoms with E-state index in [2.05, 4.69) is 13.8 Å². The average Bonchev–Trinajstić information content (AvgIpc) is 2.16. The molecule has 1 aromatic rings. The zero-order valence-electron chi connectivity index (χ0n) is 8.84. The van der Waals surface area contributed by atoms with Crippen molar-refractivity contribution < 1.29 is 19.5 Å². The van der Waals surface area contributed by atoms with Gasteiger partial charge in [-0.25, -0.2) is 0 Å². The van der Waals surface area contributed by atoms with Gasteiger partial charge in [-0.05, 0) is 36.1 Å². The second kappa shape index (κ2) is 7.35. The predicted molar refractivity (Wildman–Crippen MR) is 58.9 cm³/mol. The second-order valence-corrected chi connectivity index (χ2v) is 3.42. The van der Waals surface area contributed by atoms with Crippen LogP contribution in [-0.2, 0) is 17.4 Å². The summed E-state index contributed by atoms with van der Waals surface area (Å²) in [5.74, 6) is 0.374. The fourth-order valence-corrected chi connectivity index (χ4v) is 1.29. The molecule has 0 saturated heterocycles. The summed E-state index contributed by atoms with van der Waals surface area (Å²) in [6, 6.07) is 5.59. The lowest BCUT2D eigenvalue weighted by atomic mass is 10.0. The highest BCUT2D eigenvalue weighted by Gasteiger charge is 1.98. The zero-order chi connectivity index (χ0) is 11.8. The molecule has 1 rings (SSSR count). The van der Waals surface area contributed by atoms with Crippen LogP contribution in [-0.4, -0.2) is 14.9 Å². The molecule has 0 unspecified atom stereocenters. The van der Waals surface area contributed by atoms with E-state index in [1.807, 2.05) is 12.1 Å². The molecule has 0 aliphatic heterocycles. The van der Waals surface area contributed by atoms with Crippen molar-refractivity contribution in [2.24, 2.45) is 0 Å². The number of aryl methyl sites for hydroxylation is 2. The van der Waals surface area contributed by atoms with Gasteiger partial charge in [-0.2, -0.15) is 0 Å². The van der Waals surface area contributed by atoms with Gasteiger partial charge in [0.15, 0.2) is 0 Å². The lowest BCUT2D eigenvalue weighted by Gasteiger charge is -2.04. The van der Waals surface area contributed by atoms with Crippen LogP contribution in [0.25, 0.3) is 0 Å². The highest BCUT2D eigenvalue weighted by atomic mass is 31.1. The summed E-state index contributed by atoms with van der Waals surface area (Å²) in [4.78, 5) is 14.2. The van der Waals surface area contributed by atoms with E-state index in [1.54, 1.807) is 6.07 Å². The largest absolute Gasteiger partial charge is 0.692 e. The Morgan fingerprint density at radius 2 is 1.60 bits per heavy atom. The first kappa shape index (κ1) is 14.0. The first-order chi connectivity index (χ1) is 7.01. The molecule has 0 radical (unpaired) electrons. The minimum Gasteiger partial charge on any atom is -0.508 e. The smallest absolute Gasteiger partial charge is 0.508 e. The molecule has 15 heavy (non-hydrogen) atoms. The molecule has 0 fully saturated rings. The number of hydrogen-bond donors (Lipinski definition) is 3. The molecule has 0 aliphatic carbocycles. The number of aromatic hydroxyl groups is 1. The van der Waals surface area contributed by atoms with Crippen molar-refractivity contribution in [2.45, 2.75) is 26.7 Å². The monoisotopic (exact) mass is 231 g/mol. The van der Waals surface area contributed by atoms with E-state index in [9.17, 15) is 0 Å². The quantitative estimate of drug-likeness (QED) is 0.681. The van der Waals surface area contributed by atoms with Crippen molar-refractivity contribution in [3.8, 4) is 5.75 Å². The Balaban J connectivity index is 0.000000423. The van der Waals surface area contributed by atoms with Gasteiger partial charge in [-0.1, -0.05) is 19.9 Å². The van der Waals surface area contributed by atoms with Crippen LogP contribution in [0.15, 0.2) is 18.2 Å². The molecule has 1 aromatic carbocycles. The van der Waals surface area contributed by atoms with Crippen LogP contribution >= 0.6 is 8.25 Å². The molecule has 0 heterocycles. The SMILES string of the molecule is CCc1ccc(O)cc1CC.O=[P+](O)O. The fourth-order valence-electron chi connectivity index (χ4n) is 1.29. The van der Waals surface area contributed by atoms with Crippen LogP contribution < -0.4 is 0 Å². The molecule has 0 bridgehead atoms. The Morgan fingerprint density at radius 1 is 1.13 bits per heavy atom. The van der Waals surface area contributed by atoms with Gasteiger partial charge >= 0.3 is 8.25 Å². The van der Waals surface area contributed by atoms with E-state index in [-0.39, 0.29) is 0 Å². The Morgan fingerprint density at radius 3 is 2.00 bits per heavy atom. The number of phenolic OH excluding ortho intramolecular Hbond substituents is 1. The summed E-state index contributed by atoms with van der Waals surface area (Å²) in [6.07, 6.45) is 2.04. The highest BCUT2D eigenvalue weighted by Crippen LogP contribution is 2.17. The molecule has 0 saturated carbocycles. The maximum Gasteiger partial charge on any atom is 0.692 e. The lowest BCUT2D eigenvalue weighted by molar-refractivity contribution is 0.405. The van der Waals surface area contributed by atoms with Crippen LogP contribution in [0.2, 0.25) is 0 Å². The summed E-state index contributed by atoms with van der Waals surface area (Å²) in [5, 5.41) is 9.16. The third kappa shape index (κ3) is 6.18. The van der Waals surface area contributed by atoms with Gasteiger partial charge in [0.25, 0.3) is 0 Å². The first-order valence-electron chi connectivity index (χ1n) is 4.67. The molecule has 0 aromatic heterocycles. The minimum absolute atomic E-state index is 0.374. The Hall–Kier alpha value is -0.960. The number of phenols is 1. The number of hydrogen-bond acceptors (Lipinski definition) is 2. The van der Waals surface area contributed by atoms with Crippen molar-refractivity contribution >= 4 is 8.25 Å². The second-order valence-electron chi connectivity index (χ2n) is 2.91. The average molecular weight is 231 g/mol. The van der Waals surface area contributed by atoms with Crippen molar-refractivity contribution in [3.05, 3.63) is 29.3 Å². The summed E-state index contributed by atoms with van der Waals surface area (Å²) in [7, 11) is -2.87. The predicted octanol–water partition coefficient (Wildman–Crippen LogP) is 2.15. The molecule has 4 nitrogen and oxygen atoms in total. The Kier molecular flexibility index (Phi) is 6.88. The van der Waals surface area contributed by atoms with E-state index >= 15 is 0 Å². The van der Waals surface area contributed by atoms with Gasteiger partial charge in [-0.15, -0.1) is 9.79 Å². The lowest BCUT2D eigenvalue weighted by Crippen LogP contribution is -1.89. The van der Waals surface area contributed by atoms with Gasteiger partial charge in [0.1, 0.15) is 5.75 Å². The number of benzene rings is 1. The van der Waals surface area contributed by atoms with E-state index < -0.39 is 8.25 Å². The van der Waals surface area contributed by atoms with Crippen LogP contribution in [0, 0.1) is 0 Å². The van der Waals surface area contributed by atoms with E-state index in [0.717, 1.165) is 12.8 Å². The van der Waals surface area contributed by atoms with Gasteiger partial charge in [0, 0.05) is 4.57 Å². The third-order valence-electron chi connectivity index (χ3n) is 1.95. The Labute approximate surface area is 90.2 Å². The molecule has 3 N–H and O–H groups in total. The van der Waals surface area contributed by atoms with Gasteiger partial charge in [0.05, 0.1) is 0 Å². The van der Waals surface area contributed by atoms with Crippen molar-refractivity contribution in [1.82, 2.24) is 0 Å².